The molecule has 2 rings (SSSR count). The third-order valence-electron chi connectivity index (χ3n) is 3.02. The first-order valence-electron chi connectivity index (χ1n) is 7.26. The molecule has 0 fully saturated rings. The number of quaternary nitrogens is 1. The van der Waals surface area contributed by atoms with Gasteiger partial charge in [-0.3, -0.25) is 4.79 Å². The van der Waals surface area contributed by atoms with E-state index < -0.39 is 0 Å². The highest BCUT2D eigenvalue weighted by molar-refractivity contribution is 7.71. The molecule has 0 saturated heterocycles. The van der Waals surface area contributed by atoms with E-state index in [0.717, 1.165) is 4.90 Å². The largest absolute Gasteiger partial charge is 0.349 e. The summed E-state index contributed by atoms with van der Waals surface area (Å²) in [5.41, 5.74) is 0.511. The topological polar surface area (TPSA) is 69.2 Å². The van der Waals surface area contributed by atoms with E-state index in [-0.39, 0.29) is 17.8 Å². The van der Waals surface area contributed by atoms with Gasteiger partial charge in [0.25, 0.3) is 5.91 Å². The van der Waals surface area contributed by atoms with Crippen LogP contribution in [0.25, 0.3) is 5.69 Å². The minimum Gasteiger partial charge on any atom is -0.349 e. The van der Waals surface area contributed by atoms with Crippen molar-refractivity contribution in [2.75, 3.05) is 13.6 Å². The molecule has 2 N–H and O–H groups in total. The van der Waals surface area contributed by atoms with Crippen molar-refractivity contribution >= 4 is 18.1 Å². The van der Waals surface area contributed by atoms with Crippen LogP contribution in [0.1, 0.15) is 13.8 Å². The zero-order valence-corrected chi connectivity index (χ0v) is 14.1. The van der Waals surface area contributed by atoms with Gasteiger partial charge in [0.2, 0.25) is 4.77 Å². The molecule has 1 unspecified atom stereocenters. The molecule has 7 nitrogen and oxygen atoms in total. The van der Waals surface area contributed by atoms with Crippen molar-refractivity contribution in [3.63, 3.8) is 0 Å². The Balaban J connectivity index is 2.08. The Morgan fingerprint density at radius 1 is 1.43 bits per heavy atom. The monoisotopic (exact) mass is 339 g/mol. The second-order valence-electron chi connectivity index (χ2n) is 5.67. The van der Waals surface area contributed by atoms with Gasteiger partial charge in [0, 0.05) is 6.04 Å². The zero-order valence-electron chi connectivity index (χ0n) is 13.3. The van der Waals surface area contributed by atoms with Gasteiger partial charge in [-0.2, -0.15) is 9.36 Å². The molecule has 0 saturated carbocycles. The first-order valence-corrected chi connectivity index (χ1v) is 7.67. The minimum atomic E-state index is -0.368. The molecule has 0 aliphatic heterocycles. The fourth-order valence-electron chi connectivity index (χ4n) is 2.10. The number of rotatable bonds is 6. The Kier molecular flexibility index (Phi) is 5.56. The summed E-state index contributed by atoms with van der Waals surface area (Å²) in [5, 5.41) is 10.8. The van der Waals surface area contributed by atoms with Crippen LogP contribution in [0.15, 0.2) is 24.3 Å². The lowest BCUT2D eigenvalue weighted by molar-refractivity contribution is -0.895. The maximum absolute atomic E-state index is 13.3. The average molecular weight is 339 g/mol. The number of halogens is 1. The fourth-order valence-corrected chi connectivity index (χ4v) is 2.34. The van der Waals surface area contributed by atoms with Crippen molar-refractivity contribution in [1.82, 2.24) is 25.1 Å². The Labute approximate surface area is 138 Å². The van der Waals surface area contributed by atoms with Crippen LogP contribution >= 0.6 is 12.2 Å². The predicted octanol–water partition coefficient (Wildman–Crippen LogP) is -0.0658. The molecule has 0 spiro atoms. The van der Waals surface area contributed by atoms with Crippen molar-refractivity contribution in [3.05, 3.63) is 34.9 Å². The quantitative estimate of drug-likeness (QED) is 0.723. The number of tetrazole rings is 1. The second kappa shape index (κ2) is 7.42. The highest BCUT2D eigenvalue weighted by atomic mass is 32.1. The third kappa shape index (κ3) is 4.67. The molecular weight excluding hydrogens is 319 g/mol. The summed E-state index contributed by atoms with van der Waals surface area (Å²) < 4.78 is 16.5. The molecule has 0 aliphatic rings. The Hall–Kier alpha value is -2.13. The lowest BCUT2D eigenvalue weighted by Gasteiger charge is -2.14. The lowest BCUT2D eigenvalue weighted by Crippen LogP contribution is -3.09. The smallest absolute Gasteiger partial charge is 0.275 e. The number of hydrogen-bond acceptors (Lipinski definition) is 4. The second-order valence-corrected chi connectivity index (χ2v) is 6.03. The molecule has 0 bridgehead atoms. The van der Waals surface area contributed by atoms with Crippen LogP contribution in [-0.2, 0) is 11.5 Å². The Bertz CT molecular complexity index is 741. The van der Waals surface area contributed by atoms with E-state index >= 15 is 0 Å². The van der Waals surface area contributed by atoms with E-state index in [1.54, 1.807) is 12.1 Å². The standard InChI is InChI=1S/C14H19FN6OS/c1-10(2)16-13(22)8-19(3)9-20-14(23)21(18-17-20)12-6-4-5-11(15)7-12/h4-7,10H,8-9H2,1-3H3,(H,16,22)/p+1. The number of nitrogens with one attached hydrogen (secondary N) is 2. The highest BCUT2D eigenvalue weighted by Gasteiger charge is 2.14. The zero-order chi connectivity index (χ0) is 17.0. The molecule has 124 valence electrons. The van der Waals surface area contributed by atoms with Crippen molar-refractivity contribution < 1.29 is 14.1 Å². The molecule has 0 radical (unpaired) electrons. The number of benzene rings is 1. The van der Waals surface area contributed by atoms with E-state index in [4.69, 9.17) is 12.2 Å². The molecule has 1 heterocycles. The average Bonchev–Trinajstić information content (AvgIpc) is 2.79. The highest BCUT2D eigenvalue weighted by Crippen LogP contribution is 2.08. The summed E-state index contributed by atoms with van der Waals surface area (Å²) in [6.07, 6.45) is 0. The third-order valence-corrected chi connectivity index (χ3v) is 3.41. The summed E-state index contributed by atoms with van der Waals surface area (Å²) in [4.78, 5) is 12.7. The molecule has 9 heteroatoms. The van der Waals surface area contributed by atoms with Gasteiger partial charge in [0.1, 0.15) is 5.82 Å². The minimum absolute atomic E-state index is 0.0402. The summed E-state index contributed by atoms with van der Waals surface area (Å²) in [6.45, 7) is 4.51. The van der Waals surface area contributed by atoms with Gasteiger partial charge < -0.3 is 10.2 Å². The van der Waals surface area contributed by atoms with Crippen molar-refractivity contribution in [2.24, 2.45) is 0 Å². The van der Waals surface area contributed by atoms with E-state index in [9.17, 15) is 9.18 Å². The van der Waals surface area contributed by atoms with Gasteiger partial charge in [0.15, 0.2) is 13.2 Å². The van der Waals surface area contributed by atoms with Crippen molar-refractivity contribution in [1.29, 1.82) is 0 Å². The summed E-state index contributed by atoms with van der Waals surface area (Å²) in [6, 6.07) is 6.07. The van der Waals surface area contributed by atoms with Crippen LogP contribution in [0.4, 0.5) is 4.39 Å². The van der Waals surface area contributed by atoms with E-state index in [1.165, 1.54) is 21.5 Å². The summed E-state index contributed by atoms with van der Waals surface area (Å²) >= 11 is 5.32. The summed E-state index contributed by atoms with van der Waals surface area (Å²) in [7, 11) is 1.86. The van der Waals surface area contributed by atoms with Crippen molar-refractivity contribution in [2.45, 2.75) is 26.6 Å². The molecular formula is C14H20FN6OS+. The summed E-state index contributed by atoms with van der Waals surface area (Å²) in [5.74, 6) is -0.409. The van der Waals surface area contributed by atoms with Crippen LogP contribution < -0.4 is 10.2 Å². The maximum atomic E-state index is 13.3. The number of carbonyl (C=O) groups is 1. The fraction of sp³-hybridized carbons (Fsp3) is 0.429. The van der Waals surface area contributed by atoms with Gasteiger partial charge in [0.05, 0.1) is 12.7 Å². The number of amides is 1. The molecule has 1 aromatic heterocycles. The maximum Gasteiger partial charge on any atom is 0.275 e. The van der Waals surface area contributed by atoms with Gasteiger partial charge in [-0.1, -0.05) is 6.07 Å². The normalized spacial score (nSPS) is 12.4. The molecule has 23 heavy (non-hydrogen) atoms. The van der Waals surface area contributed by atoms with Gasteiger partial charge in [-0.15, -0.1) is 0 Å². The van der Waals surface area contributed by atoms with E-state index in [1.807, 2.05) is 20.9 Å². The predicted molar refractivity (Wildman–Crippen MR) is 85.2 cm³/mol. The first-order chi connectivity index (χ1) is 10.9. The van der Waals surface area contributed by atoms with Gasteiger partial charge >= 0.3 is 0 Å². The Morgan fingerprint density at radius 2 is 2.17 bits per heavy atom. The number of carbonyl (C=O) groups excluding carboxylic acids is 1. The van der Waals surface area contributed by atoms with Crippen LogP contribution in [0.2, 0.25) is 0 Å². The molecule has 1 aromatic carbocycles. The van der Waals surface area contributed by atoms with Gasteiger partial charge in [-0.25, -0.2) is 4.39 Å². The lowest BCUT2D eigenvalue weighted by atomic mass is 10.3. The van der Waals surface area contributed by atoms with Crippen LogP contribution in [0.3, 0.4) is 0 Å². The Morgan fingerprint density at radius 3 is 2.83 bits per heavy atom. The molecule has 1 atom stereocenters. The van der Waals surface area contributed by atoms with Crippen LogP contribution in [0.5, 0.6) is 0 Å². The van der Waals surface area contributed by atoms with Crippen LogP contribution in [-0.4, -0.2) is 45.3 Å². The molecule has 2 aromatic rings. The van der Waals surface area contributed by atoms with E-state index in [2.05, 4.69) is 15.7 Å². The molecule has 1 amide bonds. The number of hydrogen-bond donors (Lipinski definition) is 2. The molecule has 0 aliphatic carbocycles. The SMILES string of the molecule is CC(C)NC(=O)C[NH+](C)Cn1nnn(-c2cccc(F)c2)c1=S. The number of likely N-dealkylation sites (N-methyl/N-ethyl adjacent to an activating group) is 1. The van der Waals surface area contributed by atoms with Gasteiger partial charge in [-0.05, 0) is 54.7 Å². The van der Waals surface area contributed by atoms with Crippen molar-refractivity contribution in [3.8, 4) is 5.69 Å². The number of aromatic nitrogens is 4. The first kappa shape index (κ1) is 17.2. The number of nitrogens with zero attached hydrogens (tertiary/aromatic N) is 4. The van der Waals surface area contributed by atoms with E-state index in [0.29, 0.717) is 23.7 Å². The van der Waals surface area contributed by atoms with Crippen LogP contribution in [0, 0.1) is 10.6 Å².